The first kappa shape index (κ1) is 78.9. The third kappa shape index (κ3) is 43.5. The van der Waals surface area contributed by atoms with E-state index >= 15 is 0 Å². The number of aliphatic hydroxyl groups is 2. The Hall–Kier alpha value is -3.16. The minimum atomic E-state index is -0.942. The van der Waals surface area contributed by atoms with E-state index in [2.05, 4.69) is 26.7 Å². The van der Waals surface area contributed by atoms with Crippen LogP contribution >= 0.6 is 94.1 Å². The Morgan fingerprint density at radius 1 is 0.616 bits per heavy atom. The number of nitrogens with two attached hydrogens (primary N) is 6. The number of oxime groups is 1. The zero-order chi connectivity index (χ0) is 62.7. The average Bonchev–Trinajstić information content (AvgIpc) is 3.70. The molecule has 0 saturated heterocycles. The molecule has 86 heavy (non-hydrogen) atoms. The number of hydrogen-bond donors (Lipinski definition) is 11. The Morgan fingerprint density at radius 3 is 1.64 bits per heavy atom. The first-order valence-corrected chi connectivity index (χ1v) is 39.2. The van der Waals surface area contributed by atoms with Crippen molar-refractivity contribution in [3.05, 3.63) is 48.0 Å². The fraction of sp³-hybridized carbons (Fsp3) is 0.719. The Kier molecular flexibility index (Phi) is 49.2. The van der Waals surface area contributed by atoms with Gasteiger partial charge in [-0.05, 0) is 114 Å². The van der Waals surface area contributed by atoms with Gasteiger partial charge in [0, 0.05) is 92.9 Å². The summed E-state index contributed by atoms with van der Waals surface area (Å²) in [6.45, 7) is 10.0. The number of carbonyl (C=O) groups excluding carboxylic acids is 4. The Labute approximate surface area is 547 Å². The molecule has 2 bridgehead atoms. The van der Waals surface area contributed by atoms with Crippen molar-refractivity contribution in [2.24, 2.45) is 39.6 Å². The first-order valence-electron chi connectivity index (χ1n) is 30.0. The number of amides is 4. The van der Waals surface area contributed by atoms with Crippen molar-refractivity contribution in [3.8, 4) is 0 Å². The van der Waals surface area contributed by atoms with Crippen LogP contribution in [0.25, 0.3) is 0 Å². The van der Waals surface area contributed by atoms with E-state index in [4.69, 9.17) is 39.2 Å². The van der Waals surface area contributed by atoms with Gasteiger partial charge in [-0.15, -0.1) is 6.58 Å². The third-order valence-corrected chi connectivity index (χ3v) is 21.7. The number of fused-ring (bicyclic) bond motifs is 41. The molecule has 29 heteroatoms. The molecule has 0 aliphatic carbocycles. The van der Waals surface area contributed by atoms with E-state index in [0.29, 0.717) is 127 Å². The van der Waals surface area contributed by atoms with Crippen LogP contribution in [0.15, 0.2) is 42.1 Å². The molecular weight excluding hydrogens is 1250 g/mol. The molecule has 17 N–H and O–H groups in total. The quantitative estimate of drug-likeness (QED) is 0.0287. The summed E-state index contributed by atoms with van der Waals surface area (Å²) in [6.07, 6.45) is 9.74. The van der Waals surface area contributed by atoms with Crippen molar-refractivity contribution >= 4 is 142 Å². The number of nitrogens with one attached hydrogen (secondary N) is 3. The lowest BCUT2D eigenvalue weighted by Crippen LogP contribution is -2.79. The number of thioether (sulfide) groups is 8. The SMILES string of the molecule is C=CCN(CC[NH+]=C(N)N)C(=O)CCSCCCSCCCN1Cc2ccc(cc2)/C=N\OCCCSCCCSCCC(=O)N(CC[NH+]=C(N)N)CCCSCCCSCCC(=O)N(CC[NH+]=C(N)N)CCCSCC(O)C(O)CSCCC1=O. The molecule has 490 valence electrons. The van der Waals surface area contributed by atoms with E-state index in [1.165, 1.54) is 11.8 Å². The minimum absolute atomic E-state index is 0.0431. The molecule has 1 aromatic rings. The van der Waals surface area contributed by atoms with Gasteiger partial charge in [0.05, 0.1) is 57.7 Å². The number of guanidine groups is 3. The maximum absolute atomic E-state index is 13.8. The van der Waals surface area contributed by atoms with Gasteiger partial charge < -0.3 is 34.7 Å². The predicted molar refractivity (Wildman–Crippen MR) is 374 cm³/mol. The van der Waals surface area contributed by atoms with E-state index < -0.39 is 12.2 Å². The second-order valence-electron chi connectivity index (χ2n) is 20.1. The highest BCUT2D eigenvalue weighted by Crippen LogP contribution is 2.18. The van der Waals surface area contributed by atoms with Crippen LogP contribution in [0, 0.1) is 0 Å². The smallest absolute Gasteiger partial charge is 0.338 e. The zero-order valence-electron chi connectivity index (χ0n) is 50.8. The predicted octanol–water partition coefficient (Wildman–Crippen LogP) is -1.01. The van der Waals surface area contributed by atoms with Gasteiger partial charge in [0.2, 0.25) is 23.6 Å². The summed E-state index contributed by atoms with van der Waals surface area (Å²) in [7, 11) is 0. The number of hydrogen-bond acceptors (Lipinski definition) is 16. The highest BCUT2D eigenvalue weighted by molar-refractivity contribution is 8.01. The molecule has 0 spiro atoms. The number of aliphatic hydroxyl groups excluding tert-OH is 2. The number of carbonyl (C=O) groups is 4. The second kappa shape index (κ2) is 53.7. The molecule has 2 atom stereocenters. The van der Waals surface area contributed by atoms with Crippen molar-refractivity contribution in [2.75, 3.05) is 164 Å². The molecule has 0 saturated carbocycles. The molecule has 0 aromatic heterocycles. The summed E-state index contributed by atoms with van der Waals surface area (Å²) < 4.78 is 0. The molecule has 2 aliphatic heterocycles. The third-order valence-electron chi connectivity index (χ3n) is 12.8. The average molecular weight is 1360 g/mol. The van der Waals surface area contributed by atoms with E-state index in [0.717, 1.165) is 125 Å². The zero-order valence-corrected chi connectivity index (χ0v) is 57.3. The fourth-order valence-corrected chi connectivity index (χ4v) is 15.9. The highest BCUT2D eigenvalue weighted by atomic mass is 32.2. The molecule has 3 rings (SSSR count). The summed E-state index contributed by atoms with van der Waals surface area (Å²) >= 11 is 14.1. The summed E-state index contributed by atoms with van der Waals surface area (Å²) in [6, 6.07) is 8.01. The van der Waals surface area contributed by atoms with Gasteiger partial charge >= 0.3 is 17.9 Å². The summed E-state index contributed by atoms with van der Waals surface area (Å²) in [5.74, 6) is 13.7. The van der Waals surface area contributed by atoms with Crippen LogP contribution in [0.2, 0.25) is 0 Å². The lowest BCUT2D eigenvalue weighted by Gasteiger charge is -2.23. The van der Waals surface area contributed by atoms with E-state index in [1.54, 1.807) is 52.5 Å². The van der Waals surface area contributed by atoms with Crippen molar-refractivity contribution in [1.29, 1.82) is 0 Å². The van der Waals surface area contributed by atoms with Crippen LogP contribution < -0.4 is 49.4 Å². The van der Waals surface area contributed by atoms with Crippen molar-refractivity contribution in [1.82, 2.24) is 19.6 Å². The molecule has 0 fully saturated rings. The van der Waals surface area contributed by atoms with E-state index in [1.807, 2.05) is 86.0 Å². The molecule has 2 heterocycles. The second-order valence-corrected chi connectivity index (χ2v) is 29.7. The van der Waals surface area contributed by atoms with Crippen LogP contribution in [0.5, 0.6) is 0 Å². The topological polar surface area (TPSA) is 341 Å². The Bertz CT molecular complexity index is 2100. The summed E-state index contributed by atoms with van der Waals surface area (Å²) in [5.41, 5.74) is 35.4. The van der Waals surface area contributed by atoms with E-state index in [-0.39, 0.29) is 41.5 Å². The molecule has 0 radical (unpaired) electrons. The normalized spacial score (nSPS) is 19.2. The van der Waals surface area contributed by atoms with Crippen LogP contribution in [0.3, 0.4) is 0 Å². The Balaban J connectivity index is 2.00. The van der Waals surface area contributed by atoms with Gasteiger partial charge in [0.15, 0.2) is 0 Å². The van der Waals surface area contributed by atoms with Crippen molar-refractivity contribution < 1.29 is 49.2 Å². The van der Waals surface area contributed by atoms with Crippen LogP contribution in [-0.4, -0.2) is 254 Å². The van der Waals surface area contributed by atoms with Gasteiger partial charge in [-0.1, -0.05) is 35.5 Å². The molecule has 1 aromatic carbocycles. The minimum Gasteiger partial charge on any atom is -0.396 e. The number of nitrogens with zero attached hydrogens (tertiary/aromatic N) is 5. The maximum Gasteiger partial charge on any atom is 0.338 e. The lowest BCUT2D eigenvalue weighted by molar-refractivity contribution is -0.459. The van der Waals surface area contributed by atoms with Crippen molar-refractivity contribution in [3.63, 3.8) is 0 Å². The van der Waals surface area contributed by atoms with Gasteiger partial charge in [0.25, 0.3) is 0 Å². The lowest BCUT2D eigenvalue weighted by atomic mass is 10.1. The van der Waals surface area contributed by atoms with Gasteiger partial charge in [-0.25, -0.2) is 0 Å². The fourth-order valence-electron chi connectivity index (χ4n) is 8.17. The van der Waals surface area contributed by atoms with E-state index in [9.17, 15) is 29.4 Å². The summed E-state index contributed by atoms with van der Waals surface area (Å²) in [5, 5.41) is 25.9. The Morgan fingerprint density at radius 2 is 1.08 bits per heavy atom. The van der Waals surface area contributed by atoms with Gasteiger partial charge in [-0.3, -0.25) is 68.6 Å². The van der Waals surface area contributed by atoms with Gasteiger partial charge in [0.1, 0.15) is 6.61 Å². The van der Waals surface area contributed by atoms with Crippen molar-refractivity contribution in [2.45, 2.75) is 89.4 Å². The van der Waals surface area contributed by atoms with Crippen LogP contribution in [0.1, 0.15) is 81.8 Å². The first-order chi connectivity index (χ1) is 41.7. The standard InChI is InChI=1S/C57H102N14O7S8/c1-2-21-68(25-18-64-55(58)59)51(74)14-39-82-36-8-34-80-30-5-24-71-44-48-12-10-47(11-13-48)43-67-78-28-6-32-81-35-9-38-84-40-15-52(75)69(26-19-65-56(60)61)22-3-29-79-33-7-37-83-41-16-53(76)70(27-20-66-57(62)63)23-4-31-85-45-49(72)50(73)46-86-42-17-54(71)77/h2,10-13,43,49-50,72-73H,1,3-9,14-42,44-46H2,(H4,58,59,64)(H4,60,61,65)(H4,62,63,66)/p+3/b67-43-. The van der Waals surface area contributed by atoms with Crippen LogP contribution in [-0.2, 0) is 30.6 Å². The van der Waals surface area contributed by atoms with Gasteiger partial charge in [-0.2, -0.15) is 94.1 Å². The number of benzene rings is 1. The largest absolute Gasteiger partial charge is 0.396 e. The molecule has 2 unspecified atom stereocenters. The monoisotopic (exact) mass is 1350 g/mol. The number of rotatable bonds is 22. The summed E-state index contributed by atoms with van der Waals surface area (Å²) in [4.78, 5) is 74.9. The molecule has 21 nitrogen and oxygen atoms in total. The molecule has 2 aliphatic rings. The molecule has 4 amide bonds. The highest BCUT2D eigenvalue weighted by Gasteiger charge is 2.20. The van der Waals surface area contributed by atoms with Crippen LogP contribution in [0.4, 0.5) is 0 Å². The molecular formula is C57H105N14O7S8+3. The maximum atomic E-state index is 13.8.